The van der Waals surface area contributed by atoms with Crippen LogP contribution in [-0.4, -0.2) is 10.6 Å². The Morgan fingerprint density at radius 1 is 1.21 bits per heavy atom. The lowest BCUT2D eigenvalue weighted by Gasteiger charge is -2.01. The van der Waals surface area contributed by atoms with Gasteiger partial charge in [-0.3, -0.25) is 15.1 Å². The monoisotopic (exact) mass is 318 g/mol. The van der Waals surface area contributed by atoms with E-state index < -0.39 is 4.92 Å². The fourth-order valence-electron chi connectivity index (χ4n) is 1.63. The van der Waals surface area contributed by atoms with Crippen molar-refractivity contribution >= 4 is 33.0 Å². The van der Waals surface area contributed by atoms with Crippen LogP contribution in [0.1, 0.15) is 12.5 Å². The van der Waals surface area contributed by atoms with Crippen LogP contribution in [0.5, 0.6) is 0 Å². The van der Waals surface area contributed by atoms with E-state index in [1.807, 2.05) is 31.2 Å². The predicted octanol–water partition coefficient (Wildman–Crippen LogP) is 4.50. The molecule has 2 rings (SSSR count). The van der Waals surface area contributed by atoms with E-state index in [0.29, 0.717) is 0 Å². The molecule has 0 heterocycles. The smallest absolute Gasteiger partial charge is 0.258 e. The number of nitro groups is 1. The SMILES string of the molecule is CC(=Nc1cccc(Br)c1)c1ccc([N+](=O)[O-])cc1. The van der Waals surface area contributed by atoms with Gasteiger partial charge in [0.15, 0.2) is 0 Å². The molecule has 0 amide bonds. The van der Waals surface area contributed by atoms with Gasteiger partial charge in [0, 0.05) is 22.3 Å². The van der Waals surface area contributed by atoms with Crippen molar-refractivity contribution in [3.63, 3.8) is 0 Å². The number of hydrogen-bond donors (Lipinski definition) is 0. The van der Waals surface area contributed by atoms with Crippen LogP contribution in [0.15, 0.2) is 58.0 Å². The molecule has 2 aromatic carbocycles. The maximum absolute atomic E-state index is 10.6. The number of non-ortho nitro benzene ring substituents is 1. The third-order valence-electron chi connectivity index (χ3n) is 2.60. The molecule has 0 atom stereocenters. The lowest BCUT2D eigenvalue weighted by Crippen LogP contribution is -1.95. The first-order valence-corrected chi connectivity index (χ1v) is 6.41. The maximum atomic E-state index is 10.6. The average molecular weight is 319 g/mol. The largest absolute Gasteiger partial charge is 0.269 e. The lowest BCUT2D eigenvalue weighted by molar-refractivity contribution is -0.384. The van der Waals surface area contributed by atoms with E-state index in [1.165, 1.54) is 12.1 Å². The summed E-state index contributed by atoms with van der Waals surface area (Å²) in [6.07, 6.45) is 0. The summed E-state index contributed by atoms with van der Waals surface area (Å²) in [5, 5.41) is 10.6. The minimum atomic E-state index is -0.412. The van der Waals surface area contributed by atoms with Crippen LogP contribution in [0, 0.1) is 10.1 Å². The van der Waals surface area contributed by atoms with E-state index in [9.17, 15) is 10.1 Å². The van der Waals surface area contributed by atoms with Gasteiger partial charge in [-0.05, 0) is 42.8 Å². The summed E-state index contributed by atoms with van der Waals surface area (Å²) in [7, 11) is 0. The van der Waals surface area contributed by atoms with E-state index in [1.54, 1.807) is 12.1 Å². The zero-order valence-electron chi connectivity index (χ0n) is 10.2. The fourth-order valence-corrected chi connectivity index (χ4v) is 2.02. The minimum Gasteiger partial charge on any atom is -0.258 e. The van der Waals surface area contributed by atoms with Gasteiger partial charge >= 0.3 is 0 Å². The quantitative estimate of drug-likeness (QED) is 0.475. The maximum Gasteiger partial charge on any atom is 0.269 e. The molecule has 5 heteroatoms. The predicted molar refractivity (Wildman–Crippen MR) is 79.1 cm³/mol. The molecule has 0 fully saturated rings. The summed E-state index contributed by atoms with van der Waals surface area (Å²) in [5.41, 5.74) is 2.60. The number of nitrogens with zero attached hydrogens (tertiary/aromatic N) is 2. The highest BCUT2D eigenvalue weighted by atomic mass is 79.9. The Balaban J connectivity index is 2.28. The minimum absolute atomic E-state index is 0.0824. The number of rotatable bonds is 3. The average Bonchev–Trinajstić information content (AvgIpc) is 2.39. The van der Waals surface area contributed by atoms with Gasteiger partial charge in [-0.2, -0.15) is 0 Å². The van der Waals surface area contributed by atoms with Gasteiger partial charge in [-0.1, -0.05) is 22.0 Å². The highest BCUT2D eigenvalue weighted by molar-refractivity contribution is 9.10. The molecule has 0 N–H and O–H groups in total. The van der Waals surface area contributed by atoms with E-state index in [4.69, 9.17) is 0 Å². The van der Waals surface area contributed by atoms with Crippen LogP contribution in [0.3, 0.4) is 0 Å². The van der Waals surface area contributed by atoms with Crippen LogP contribution in [-0.2, 0) is 0 Å². The normalized spacial score (nSPS) is 11.4. The molecule has 0 spiro atoms. The first kappa shape index (κ1) is 13.4. The van der Waals surface area contributed by atoms with Crippen LogP contribution in [0.4, 0.5) is 11.4 Å². The van der Waals surface area contributed by atoms with E-state index in [0.717, 1.165) is 21.4 Å². The van der Waals surface area contributed by atoms with Crippen LogP contribution in [0.2, 0.25) is 0 Å². The summed E-state index contributed by atoms with van der Waals surface area (Å²) in [5.74, 6) is 0. The third kappa shape index (κ3) is 3.48. The molecular formula is C14H11BrN2O2. The standard InChI is InChI=1S/C14H11BrN2O2/c1-10(16-13-4-2-3-12(15)9-13)11-5-7-14(8-6-11)17(18)19/h2-9H,1H3. The lowest BCUT2D eigenvalue weighted by atomic mass is 10.1. The van der Waals surface area contributed by atoms with E-state index in [2.05, 4.69) is 20.9 Å². The molecule has 2 aromatic rings. The first-order valence-electron chi connectivity index (χ1n) is 5.62. The van der Waals surface area contributed by atoms with Gasteiger partial charge in [0.1, 0.15) is 0 Å². The van der Waals surface area contributed by atoms with Gasteiger partial charge in [-0.15, -0.1) is 0 Å². The molecule has 0 aliphatic rings. The van der Waals surface area contributed by atoms with E-state index >= 15 is 0 Å². The number of halogens is 1. The van der Waals surface area contributed by atoms with Gasteiger partial charge in [0.2, 0.25) is 0 Å². The van der Waals surface area contributed by atoms with Gasteiger partial charge in [-0.25, -0.2) is 0 Å². The van der Waals surface area contributed by atoms with Crippen molar-refractivity contribution in [2.45, 2.75) is 6.92 Å². The summed E-state index contributed by atoms with van der Waals surface area (Å²) in [4.78, 5) is 14.6. The Morgan fingerprint density at radius 2 is 1.89 bits per heavy atom. The van der Waals surface area contributed by atoms with Crippen molar-refractivity contribution in [1.29, 1.82) is 0 Å². The van der Waals surface area contributed by atoms with Crippen molar-refractivity contribution in [2.75, 3.05) is 0 Å². The molecule has 0 aliphatic heterocycles. The zero-order valence-corrected chi connectivity index (χ0v) is 11.8. The highest BCUT2D eigenvalue weighted by Crippen LogP contribution is 2.20. The van der Waals surface area contributed by atoms with Gasteiger partial charge < -0.3 is 0 Å². The van der Waals surface area contributed by atoms with Crippen molar-refractivity contribution in [1.82, 2.24) is 0 Å². The number of hydrogen-bond acceptors (Lipinski definition) is 3. The van der Waals surface area contributed by atoms with Crippen molar-refractivity contribution in [3.8, 4) is 0 Å². The molecule has 0 radical (unpaired) electrons. The second-order valence-electron chi connectivity index (χ2n) is 3.98. The molecule has 0 bridgehead atoms. The topological polar surface area (TPSA) is 55.5 Å². The van der Waals surface area contributed by atoms with Crippen molar-refractivity contribution in [3.05, 3.63) is 68.7 Å². The molecular weight excluding hydrogens is 308 g/mol. The molecule has 19 heavy (non-hydrogen) atoms. The summed E-state index contributed by atoms with van der Waals surface area (Å²) in [6.45, 7) is 1.88. The number of benzene rings is 2. The second-order valence-corrected chi connectivity index (χ2v) is 4.90. The Labute approximate surface area is 119 Å². The highest BCUT2D eigenvalue weighted by Gasteiger charge is 2.05. The third-order valence-corrected chi connectivity index (χ3v) is 3.09. The molecule has 0 saturated carbocycles. The molecule has 0 aliphatic carbocycles. The number of nitro benzene ring substituents is 1. The van der Waals surface area contributed by atoms with Gasteiger partial charge in [0.25, 0.3) is 5.69 Å². The summed E-state index contributed by atoms with van der Waals surface area (Å²) >= 11 is 3.39. The zero-order chi connectivity index (χ0) is 13.8. The Kier molecular flexibility index (Phi) is 4.06. The molecule has 96 valence electrons. The Bertz CT molecular complexity index is 636. The first-order chi connectivity index (χ1) is 9.06. The van der Waals surface area contributed by atoms with Crippen molar-refractivity contribution in [2.24, 2.45) is 4.99 Å². The Hall–Kier alpha value is -2.01. The second kappa shape index (κ2) is 5.75. The Morgan fingerprint density at radius 3 is 2.47 bits per heavy atom. The molecule has 0 aromatic heterocycles. The van der Waals surface area contributed by atoms with Crippen LogP contribution < -0.4 is 0 Å². The van der Waals surface area contributed by atoms with Gasteiger partial charge in [0.05, 0.1) is 10.6 Å². The summed E-state index contributed by atoms with van der Waals surface area (Å²) < 4.78 is 0.963. The van der Waals surface area contributed by atoms with E-state index in [-0.39, 0.29) is 5.69 Å². The molecule has 0 saturated heterocycles. The van der Waals surface area contributed by atoms with Crippen LogP contribution >= 0.6 is 15.9 Å². The van der Waals surface area contributed by atoms with Crippen LogP contribution in [0.25, 0.3) is 0 Å². The molecule has 0 unspecified atom stereocenters. The molecule has 4 nitrogen and oxygen atoms in total. The number of aliphatic imine (C=N–C) groups is 1. The fraction of sp³-hybridized carbons (Fsp3) is 0.0714. The van der Waals surface area contributed by atoms with Crippen molar-refractivity contribution < 1.29 is 4.92 Å². The summed E-state index contributed by atoms with van der Waals surface area (Å²) in [6, 6.07) is 14.0.